The predicted molar refractivity (Wildman–Crippen MR) is 257 cm³/mol. The molecule has 0 radical (unpaired) electrons. The second kappa shape index (κ2) is 46.4. The van der Waals surface area contributed by atoms with E-state index in [9.17, 15) is 9.59 Å². The van der Waals surface area contributed by atoms with Crippen LogP contribution in [0.5, 0.6) is 0 Å². The van der Waals surface area contributed by atoms with E-state index in [1.54, 1.807) is 0 Å². The quantitative estimate of drug-likeness (QED) is 0.0449. The van der Waals surface area contributed by atoms with Crippen molar-refractivity contribution in [1.29, 1.82) is 0 Å². The van der Waals surface area contributed by atoms with E-state index in [4.69, 9.17) is 9.47 Å². The fraction of sp³-hybridized carbons (Fsp3) is 0.962. The molecular weight excluding hydrogens is 729 g/mol. The summed E-state index contributed by atoms with van der Waals surface area (Å²) in [5.41, 5.74) is 0. The first-order valence-electron chi connectivity index (χ1n) is 26.6. The van der Waals surface area contributed by atoms with Gasteiger partial charge < -0.3 is 19.3 Å². The lowest BCUT2D eigenvalue weighted by molar-refractivity contribution is -0.150. The highest BCUT2D eigenvalue weighted by atomic mass is 16.5. The third-order valence-corrected chi connectivity index (χ3v) is 12.6. The zero-order chi connectivity index (χ0) is 43.3. The van der Waals surface area contributed by atoms with E-state index in [0.717, 1.165) is 64.5 Å². The second-order valence-corrected chi connectivity index (χ2v) is 18.8. The van der Waals surface area contributed by atoms with Crippen molar-refractivity contribution in [2.24, 2.45) is 11.8 Å². The Bertz CT molecular complexity index is 866. The predicted octanol–water partition coefficient (Wildman–Crippen LogP) is 15.7. The second-order valence-electron chi connectivity index (χ2n) is 18.8. The Morgan fingerprint density at radius 1 is 0.339 bits per heavy atom. The molecule has 0 saturated heterocycles. The van der Waals surface area contributed by atoms with Crippen LogP contribution >= 0.6 is 0 Å². The third-order valence-electron chi connectivity index (χ3n) is 12.6. The van der Waals surface area contributed by atoms with Crippen LogP contribution in [0.25, 0.3) is 0 Å². The molecule has 0 spiro atoms. The van der Waals surface area contributed by atoms with Crippen LogP contribution in [0, 0.1) is 11.8 Å². The molecular formula is C53H106N2O4. The summed E-state index contributed by atoms with van der Waals surface area (Å²) in [5, 5.41) is 0. The van der Waals surface area contributed by atoms with Crippen molar-refractivity contribution in [3.8, 4) is 0 Å². The molecule has 352 valence electrons. The molecule has 2 atom stereocenters. The summed E-state index contributed by atoms with van der Waals surface area (Å²) in [6, 6.07) is 0. The summed E-state index contributed by atoms with van der Waals surface area (Å²) in [6.45, 7) is 15.0. The maximum Gasteiger partial charge on any atom is 0.308 e. The van der Waals surface area contributed by atoms with Crippen LogP contribution in [-0.2, 0) is 19.1 Å². The fourth-order valence-electron chi connectivity index (χ4n) is 8.46. The molecule has 0 bridgehead atoms. The molecule has 0 saturated carbocycles. The molecule has 0 aromatic carbocycles. The number of likely N-dealkylation sites (N-methyl/N-ethyl adjacent to an activating group) is 1. The van der Waals surface area contributed by atoms with Crippen molar-refractivity contribution >= 4 is 11.9 Å². The number of hydrogen-bond acceptors (Lipinski definition) is 6. The Balaban J connectivity index is 4.17. The molecule has 0 aromatic heterocycles. The van der Waals surface area contributed by atoms with Gasteiger partial charge >= 0.3 is 11.9 Å². The number of unbranched alkanes of at least 4 members (excludes halogenated alkanes) is 27. The Kier molecular flexibility index (Phi) is 45.5. The van der Waals surface area contributed by atoms with Crippen molar-refractivity contribution < 1.29 is 19.1 Å². The van der Waals surface area contributed by atoms with Gasteiger partial charge in [-0.1, -0.05) is 214 Å². The molecule has 0 aromatic rings. The standard InChI is InChI=1S/C53H106N2O4/c1-7-11-15-19-26-34-42-50(40-32-17-13-9-3)52(56)58-48-38-30-24-21-22-28-36-44-55(47-46-54(5)6)45-37-29-23-25-31-39-49-59-53(57)51(41-33-18-14-10-4)43-35-27-20-16-12-8-2/h50-51H,7-49H2,1-6H3. The number of nitrogens with zero attached hydrogens (tertiary/aromatic N) is 2. The molecule has 2 unspecified atom stereocenters. The van der Waals surface area contributed by atoms with E-state index in [-0.39, 0.29) is 23.8 Å². The minimum absolute atomic E-state index is 0.0813. The van der Waals surface area contributed by atoms with Crippen molar-refractivity contribution in [3.63, 3.8) is 0 Å². The van der Waals surface area contributed by atoms with E-state index in [1.807, 2.05) is 0 Å². The van der Waals surface area contributed by atoms with E-state index in [0.29, 0.717) is 13.2 Å². The molecule has 6 nitrogen and oxygen atoms in total. The molecule has 0 rings (SSSR count). The van der Waals surface area contributed by atoms with Gasteiger partial charge in [-0.05, 0) is 78.6 Å². The van der Waals surface area contributed by atoms with Crippen molar-refractivity contribution in [2.75, 3.05) is 53.5 Å². The minimum Gasteiger partial charge on any atom is -0.465 e. The molecule has 0 aliphatic carbocycles. The van der Waals surface area contributed by atoms with Crippen LogP contribution in [0.4, 0.5) is 0 Å². The van der Waals surface area contributed by atoms with Crippen molar-refractivity contribution in [2.45, 2.75) is 265 Å². The number of rotatable bonds is 48. The van der Waals surface area contributed by atoms with Gasteiger partial charge in [-0.3, -0.25) is 9.59 Å². The maximum atomic E-state index is 13.0. The van der Waals surface area contributed by atoms with Gasteiger partial charge in [0.05, 0.1) is 25.0 Å². The smallest absolute Gasteiger partial charge is 0.308 e. The van der Waals surface area contributed by atoms with Crippen LogP contribution < -0.4 is 0 Å². The average molecular weight is 835 g/mol. The molecule has 0 aliphatic heterocycles. The number of esters is 2. The summed E-state index contributed by atoms with van der Waals surface area (Å²) in [7, 11) is 4.37. The zero-order valence-corrected chi connectivity index (χ0v) is 41.1. The summed E-state index contributed by atoms with van der Waals surface area (Å²) >= 11 is 0. The third kappa shape index (κ3) is 40.7. The monoisotopic (exact) mass is 835 g/mol. The summed E-state index contributed by atoms with van der Waals surface area (Å²) in [6.07, 6.45) is 45.2. The first-order valence-corrected chi connectivity index (χ1v) is 26.6. The van der Waals surface area contributed by atoms with Gasteiger partial charge in [0.1, 0.15) is 0 Å². The summed E-state index contributed by atoms with van der Waals surface area (Å²) in [4.78, 5) is 30.9. The SMILES string of the molecule is CCCCCCCCC(CCCCCC)C(=O)OCCCCCCCCCN(CCCCCCCCOC(=O)C(CCCCCC)CCCCCCCC)CCN(C)C. The Morgan fingerprint density at radius 2 is 0.610 bits per heavy atom. The normalized spacial score (nSPS) is 12.7. The van der Waals surface area contributed by atoms with E-state index >= 15 is 0 Å². The van der Waals surface area contributed by atoms with Gasteiger partial charge in [-0.15, -0.1) is 0 Å². The zero-order valence-electron chi connectivity index (χ0n) is 41.1. The topological polar surface area (TPSA) is 59.1 Å². The van der Waals surface area contributed by atoms with Crippen LogP contribution in [0.15, 0.2) is 0 Å². The van der Waals surface area contributed by atoms with Crippen LogP contribution in [0.3, 0.4) is 0 Å². The van der Waals surface area contributed by atoms with E-state index in [2.05, 4.69) is 51.6 Å². The molecule has 0 N–H and O–H groups in total. The highest BCUT2D eigenvalue weighted by molar-refractivity contribution is 5.72. The number of carbonyl (C=O) groups excluding carboxylic acids is 2. The molecule has 0 fully saturated rings. The first-order chi connectivity index (χ1) is 28.9. The summed E-state index contributed by atoms with van der Waals surface area (Å²) in [5.74, 6) is 0.397. The molecule has 0 amide bonds. The van der Waals surface area contributed by atoms with Crippen LogP contribution in [0.2, 0.25) is 0 Å². The number of ether oxygens (including phenoxy) is 2. The Morgan fingerprint density at radius 3 is 0.932 bits per heavy atom. The van der Waals surface area contributed by atoms with Crippen LogP contribution in [-0.4, -0.2) is 75.2 Å². The van der Waals surface area contributed by atoms with Gasteiger partial charge in [0.2, 0.25) is 0 Å². The van der Waals surface area contributed by atoms with Crippen molar-refractivity contribution in [1.82, 2.24) is 9.80 Å². The lowest BCUT2D eigenvalue weighted by Crippen LogP contribution is -2.33. The lowest BCUT2D eigenvalue weighted by atomic mass is 9.94. The lowest BCUT2D eigenvalue weighted by Gasteiger charge is -2.24. The number of hydrogen-bond donors (Lipinski definition) is 0. The van der Waals surface area contributed by atoms with Gasteiger partial charge in [0.15, 0.2) is 0 Å². The number of carbonyl (C=O) groups is 2. The van der Waals surface area contributed by atoms with Gasteiger partial charge in [0.25, 0.3) is 0 Å². The van der Waals surface area contributed by atoms with Gasteiger partial charge in [0, 0.05) is 13.1 Å². The average Bonchev–Trinajstić information content (AvgIpc) is 3.23. The van der Waals surface area contributed by atoms with Gasteiger partial charge in [-0.25, -0.2) is 0 Å². The van der Waals surface area contributed by atoms with Crippen molar-refractivity contribution in [3.05, 3.63) is 0 Å². The first kappa shape index (κ1) is 57.9. The Hall–Kier alpha value is -1.14. The van der Waals surface area contributed by atoms with E-state index in [1.165, 1.54) is 199 Å². The molecule has 0 heterocycles. The minimum atomic E-state index is 0.0813. The summed E-state index contributed by atoms with van der Waals surface area (Å²) < 4.78 is 11.7. The largest absolute Gasteiger partial charge is 0.465 e. The fourth-order valence-corrected chi connectivity index (χ4v) is 8.46. The molecule has 0 aliphatic rings. The van der Waals surface area contributed by atoms with Crippen LogP contribution in [0.1, 0.15) is 265 Å². The highest BCUT2D eigenvalue weighted by Crippen LogP contribution is 2.22. The molecule has 6 heteroatoms. The highest BCUT2D eigenvalue weighted by Gasteiger charge is 2.20. The maximum absolute atomic E-state index is 13.0. The van der Waals surface area contributed by atoms with Gasteiger partial charge in [-0.2, -0.15) is 0 Å². The molecule has 59 heavy (non-hydrogen) atoms. The Labute approximate surface area is 370 Å². The van der Waals surface area contributed by atoms with E-state index < -0.39 is 0 Å².